The highest BCUT2D eigenvalue weighted by Gasteiger charge is 2.35. The Morgan fingerprint density at radius 3 is 2.27 bits per heavy atom. The topological polar surface area (TPSA) is 92.1 Å². The minimum atomic E-state index is -1.05. The maximum Gasteiger partial charge on any atom is 0.424 e. The van der Waals surface area contributed by atoms with E-state index < -0.39 is 29.3 Å². The quantitative estimate of drug-likeness (QED) is 0.691. The van der Waals surface area contributed by atoms with Crippen molar-refractivity contribution in [2.75, 3.05) is 18.1 Å². The molecule has 0 saturated carbocycles. The fraction of sp³-hybridized carbons (Fsp3) is 0.750. The van der Waals surface area contributed by atoms with E-state index in [0.717, 1.165) is 30.1 Å². The Morgan fingerprint density at radius 1 is 1.17 bits per heavy atom. The fourth-order valence-electron chi connectivity index (χ4n) is 2.67. The highest BCUT2D eigenvalue weighted by molar-refractivity contribution is 6.09. The number of imide groups is 1. The summed E-state index contributed by atoms with van der Waals surface area (Å²) in [6.45, 7) is 10.7. The first kappa shape index (κ1) is 24.1. The molecule has 0 spiro atoms. The van der Waals surface area contributed by atoms with Crippen LogP contribution >= 0.6 is 0 Å². The zero-order valence-corrected chi connectivity index (χ0v) is 18.6. The minimum Gasteiger partial charge on any atom is -0.443 e. The van der Waals surface area contributed by atoms with E-state index in [9.17, 15) is 14.0 Å². The second kappa shape index (κ2) is 9.74. The maximum atomic E-state index is 15.0. The van der Waals surface area contributed by atoms with Crippen molar-refractivity contribution in [1.29, 1.82) is 0 Å². The van der Waals surface area contributed by atoms with Gasteiger partial charge in [-0.3, -0.25) is 0 Å². The molecule has 30 heavy (non-hydrogen) atoms. The van der Waals surface area contributed by atoms with E-state index in [1.54, 1.807) is 41.5 Å². The molecule has 1 saturated heterocycles. The lowest BCUT2D eigenvalue weighted by atomic mass is 10.2. The number of nitrogens with zero attached hydrogens (tertiary/aromatic N) is 3. The monoisotopic (exact) mass is 429 g/mol. The Bertz CT molecular complexity index is 704. The van der Waals surface area contributed by atoms with Crippen molar-refractivity contribution in [3.05, 3.63) is 12.1 Å². The third-order valence-electron chi connectivity index (χ3n) is 3.90. The van der Waals surface area contributed by atoms with Gasteiger partial charge in [0.05, 0.1) is 19.3 Å². The molecule has 1 aliphatic heterocycles. The summed E-state index contributed by atoms with van der Waals surface area (Å²) in [5, 5.41) is 3.94. The predicted molar refractivity (Wildman–Crippen MR) is 107 cm³/mol. The molecule has 0 aromatic carbocycles. The number of hydrogen-bond donors (Lipinski definition) is 0. The molecule has 9 nitrogen and oxygen atoms in total. The molecule has 0 aliphatic carbocycles. The zero-order chi connectivity index (χ0) is 22.5. The summed E-state index contributed by atoms with van der Waals surface area (Å²) in [5.74, 6) is -0.875. The average molecular weight is 429 g/mol. The summed E-state index contributed by atoms with van der Waals surface area (Å²) in [5.41, 5.74) is -2.14. The first-order valence-electron chi connectivity index (χ1n) is 10.1. The van der Waals surface area contributed by atoms with Crippen molar-refractivity contribution in [3.63, 3.8) is 0 Å². The second-order valence-electron chi connectivity index (χ2n) is 9.01. The number of carbonyl (C=O) groups is 2. The lowest BCUT2D eigenvalue weighted by Crippen LogP contribution is -2.44. The number of aromatic nitrogens is 2. The smallest absolute Gasteiger partial charge is 0.424 e. The van der Waals surface area contributed by atoms with Crippen molar-refractivity contribution >= 4 is 17.9 Å². The van der Waals surface area contributed by atoms with Crippen LogP contribution in [-0.2, 0) is 25.5 Å². The summed E-state index contributed by atoms with van der Waals surface area (Å²) in [7, 11) is 0. The SMILES string of the molecule is CC(C)(C)OC(=O)N(C(=O)OC(C)(C)C)c1cnn(CCOC2CCCCO2)c1F. The van der Waals surface area contributed by atoms with Gasteiger partial charge in [0.25, 0.3) is 0 Å². The van der Waals surface area contributed by atoms with E-state index in [2.05, 4.69) is 5.10 Å². The van der Waals surface area contributed by atoms with Crippen molar-refractivity contribution in [2.24, 2.45) is 0 Å². The summed E-state index contributed by atoms with van der Waals surface area (Å²) < 4.78 is 37.6. The van der Waals surface area contributed by atoms with E-state index in [1.807, 2.05) is 0 Å². The van der Waals surface area contributed by atoms with Gasteiger partial charge in [-0.1, -0.05) is 0 Å². The Balaban J connectivity index is 2.14. The highest BCUT2D eigenvalue weighted by atomic mass is 19.1. The van der Waals surface area contributed by atoms with Crippen LogP contribution in [0.1, 0.15) is 60.8 Å². The number of ether oxygens (including phenoxy) is 4. The van der Waals surface area contributed by atoms with Crippen LogP contribution in [0.25, 0.3) is 0 Å². The summed E-state index contributed by atoms with van der Waals surface area (Å²) in [4.78, 5) is 25.8. The third-order valence-corrected chi connectivity index (χ3v) is 3.90. The van der Waals surface area contributed by atoms with Crippen LogP contribution in [0.3, 0.4) is 0 Å². The number of anilines is 1. The molecule has 2 amide bonds. The maximum absolute atomic E-state index is 15.0. The van der Waals surface area contributed by atoms with Crippen molar-refractivity contribution in [2.45, 2.75) is 84.8 Å². The lowest BCUT2D eigenvalue weighted by Gasteiger charge is -2.27. The van der Waals surface area contributed by atoms with Crippen LogP contribution in [0.15, 0.2) is 6.20 Å². The Kier molecular flexibility index (Phi) is 7.81. The average Bonchev–Trinajstić information content (AvgIpc) is 2.94. The fourth-order valence-corrected chi connectivity index (χ4v) is 2.67. The van der Waals surface area contributed by atoms with Crippen LogP contribution in [-0.4, -0.2) is 52.7 Å². The van der Waals surface area contributed by atoms with Crippen LogP contribution in [0.4, 0.5) is 19.7 Å². The van der Waals surface area contributed by atoms with Crippen LogP contribution in [0, 0.1) is 5.95 Å². The van der Waals surface area contributed by atoms with Crippen LogP contribution in [0.2, 0.25) is 0 Å². The lowest BCUT2D eigenvalue weighted by molar-refractivity contribution is -0.164. The summed E-state index contributed by atoms with van der Waals surface area (Å²) >= 11 is 0. The number of hydrogen-bond acceptors (Lipinski definition) is 7. The van der Waals surface area contributed by atoms with E-state index in [4.69, 9.17) is 18.9 Å². The normalized spacial score (nSPS) is 17.5. The molecule has 1 atom stereocenters. The molecule has 0 bridgehead atoms. The van der Waals surface area contributed by atoms with Gasteiger partial charge < -0.3 is 18.9 Å². The van der Waals surface area contributed by atoms with E-state index >= 15 is 0 Å². The minimum absolute atomic E-state index is 0.0855. The Labute approximate surface area is 176 Å². The Morgan fingerprint density at radius 2 is 1.77 bits per heavy atom. The van der Waals surface area contributed by atoms with Crippen molar-refractivity contribution in [3.8, 4) is 0 Å². The first-order chi connectivity index (χ1) is 13.9. The van der Waals surface area contributed by atoms with E-state index in [-0.39, 0.29) is 25.1 Å². The summed E-state index contributed by atoms with van der Waals surface area (Å²) in [6, 6.07) is 0. The zero-order valence-electron chi connectivity index (χ0n) is 18.6. The molecule has 0 N–H and O–H groups in total. The van der Waals surface area contributed by atoms with Crippen molar-refractivity contribution < 1.29 is 32.9 Å². The standard InChI is InChI=1S/C20H32FN3O6/c1-19(2,3)29-17(25)24(18(26)30-20(4,5)6)14-13-22-23(16(14)21)10-12-28-15-9-7-8-11-27-15/h13,15H,7-12H2,1-6H3. The number of halogens is 1. The second-order valence-corrected chi connectivity index (χ2v) is 9.01. The molecule has 1 aromatic heterocycles. The molecule has 2 rings (SSSR count). The molecule has 1 fully saturated rings. The van der Waals surface area contributed by atoms with Crippen LogP contribution < -0.4 is 4.90 Å². The molecular formula is C20H32FN3O6. The van der Waals surface area contributed by atoms with E-state index in [1.165, 1.54) is 0 Å². The van der Waals surface area contributed by atoms with Crippen molar-refractivity contribution in [1.82, 2.24) is 9.78 Å². The van der Waals surface area contributed by atoms with Gasteiger partial charge in [0.2, 0.25) is 5.95 Å². The molecule has 0 radical (unpaired) electrons. The molecule has 1 aromatic rings. The van der Waals surface area contributed by atoms with E-state index in [0.29, 0.717) is 11.5 Å². The molecular weight excluding hydrogens is 397 g/mol. The number of carbonyl (C=O) groups excluding carboxylic acids is 2. The largest absolute Gasteiger partial charge is 0.443 e. The van der Waals surface area contributed by atoms with Gasteiger partial charge in [-0.2, -0.15) is 14.4 Å². The van der Waals surface area contributed by atoms with Gasteiger partial charge in [0.1, 0.15) is 16.9 Å². The number of rotatable bonds is 5. The Hall–Kier alpha value is -2.20. The summed E-state index contributed by atoms with van der Waals surface area (Å²) in [6.07, 6.45) is 1.48. The third kappa shape index (κ3) is 7.24. The first-order valence-corrected chi connectivity index (χ1v) is 10.1. The van der Waals surface area contributed by atoms with Gasteiger partial charge in [0, 0.05) is 6.61 Å². The highest BCUT2D eigenvalue weighted by Crippen LogP contribution is 2.24. The van der Waals surface area contributed by atoms with Gasteiger partial charge >= 0.3 is 12.2 Å². The molecule has 170 valence electrons. The van der Waals surface area contributed by atoms with Gasteiger partial charge in [-0.15, -0.1) is 0 Å². The molecule has 1 aliphatic rings. The predicted octanol–water partition coefficient (Wildman–Crippen LogP) is 4.24. The molecule has 2 heterocycles. The van der Waals surface area contributed by atoms with Gasteiger partial charge in [-0.05, 0) is 60.8 Å². The molecule has 1 unspecified atom stereocenters. The number of amides is 2. The van der Waals surface area contributed by atoms with Crippen LogP contribution in [0.5, 0.6) is 0 Å². The van der Waals surface area contributed by atoms with Gasteiger partial charge in [0.15, 0.2) is 6.29 Å². The molecule has 10 heteroatoms. The van der Waals surface area contributed by atoms with Gasteiger partial charge in [-0.25, -0.2) is 14.3 Å².